The Balaban J connectivity index is 2.07. The first kappa shape index (κ1) is 8.85. The fourth-order valence-corrected chi connectivity index (χ4v) is 2.31. The van der Waals surface area contributed by atoms with Crippen LogP contribution < -0.4 is 5.73 Å². The van der Waals surface area contributed by atoms with Crippen molar-refractivity contribution in [2.75, 3.05) is 5.73 Å². The fraction of sp³-hybridized carbons (Fsp3) is 0.273. The molecule has 2 heterocycles. The Bertz CT molecular complexity index is 475. The first-order valence-corrected chi connectivity index (χ1v) is 5.89. The highest BCUT2D eigenvalue weighted by Gasteiger charge is 2.26. The molecule has 1 saturated carbocycles. The summed E-state index contributed by atoms with van der Waals surface area (Å²) >= 11 is 1.68. The van der Waals surface area contributed by atoms with Crippen LogP contribution in [0.1, 0.15) is 24.5 Å². The molecule has 1 aliphatic carbocycles. The molecule has 3 nitrogen and oxygen atoms in total. The lowest BCUT2D eigenvalue weighted by Crippen LogP contribution is -1.99. The molecule has 0 unspecified atom stereocenters. The molecule has 2 aromatic heterocycles. The number of nitrogens with zero attached hydrogens (tertiary/aromatic N) is 2. The van der Waals surface area contributed by atoms with Gasteiger partial charge in [-0.2, -0.15) is 0 Å². The van der Waals surface area contributed by atoms with Crippen molar-refractivity contribution in [1.29, 1.82) is 0 Å². The lowest BCUT2D eigenvalue weighted by atomic mass is 10.2. The van der Waals surface area contributed by atoms with Crippen LogP contribution in [0.3, 0.4) is 0 Å². The van der Waals surface area contributed by atoms with E-state index in [2.05, 4.69) is 22.1 Å². The van der Waals surface area contributed by atoms with Crippen molar-refractivity contribution >= 4 is 17.3 Å². The molecular weight excluding hydrogens is 206 g/mol. The molecule has 76 valence electrons. The van der Waals surface area contributed by atoms with E-state index in [0.717, 1.165) is 16.3 Å². The van der Waals surface area contributed by atoms with E-state index in [4.69, 9.17) is 5.73 Å². The summed E-state index contributed by atoms with van der Waals surface area (Å²) in [5.41, 5.74) is 7.77. The molecule has 0 aromatic carbocycles. The summed E-state index contributed by atoms with van der Waals surface area (Å²) in [6.45, 7) is 0. The molecule has 1 aliphatic rings. The normalized spacial score (nSPS) is 15.5. The minimum Gasteiger partial charge on any atom is -0.368 e. The predicted octanol–water partition coefficient (Wildman–Crippen LogP) is 2.66. The van der Waals surface area contributed by atoms with Crippen molar-refractivity contribution in [3.8, 4) is 10.6 Å². The lowest BCUT2D eigenvalue weighted by molar-refractivity contribution is 1.00. The summed E-state index contributed by atoms with van der Waals surface area (Å²) in [4.78, 5) is 9.70. The van der Waals surface area contributed by atoms with Crippen LogP contribution in [0.25, 0.3) is 10.6 Å². The highest BCUT2D eigenvalue weighted by Crippen LogP contribution is 2.40. The summed E-state index contributed by atoms with van der Waals surface area (Å²) in [6.07, 6.45) is 2.47. The second kappa shape index (κ2) is 3.31. The zero-order valence-electron chi connectivity index (χ0n) is 8.18. The van der Waals surface area contributed by atoms with Crippen LogP contribution >= 0.6 is 11.3 Å². The number of rotatable bonds is 2. The van der Waals surface area contributed by atoms with E-state index in [0.29, 0.717) is 11.9 Å². The molecule has 3 rings (SSSR count). The van der Waals surface area contributed by atoms with Crippen molar-refractivity contribution in [2.45, 2.75) is 18.8 Å². The average molecular weight is 217 g/mol. The molecule has 0 amide bonds. The molecule has 0 saturated heterocycles. The third kappa shape index (κ3) is 1.72. The largest absolute Gasteiger partial charge is 0.368 e. The van der Waals surface area contributed by atoms with E-state index < -0.39 is 0 Å². The Hall–Kier alpha value is -1.42. The maximum atomic E-state index is 5.71. The highest BCUT2D eigenvalue weighted by atomic mass is 32.1. The van der Waals surface area contributed by atoms with Crippen molar-refractivity contribution in [3.05, 3.63) is 29.3 Å². The van der Waals surface area contributed by atoms with Gasteiger partial charge in [-0.1, -0.05) is 6.07 Å². The summed E-state index contributed by atoms with van der Waals surface area (Å²) in [5, 5.41) is 2.05. The van der Waals surface area contributed by atoms with Crippen LogP contribution in [0.15, 0.2) is 23.6 Å². The maximum Gasteiger partial charge on any atom is 0.220 e. The van der Waals surface area contributed by atoms with Gasteiger partial charge in [-0.05, 0) is 30.4 Å². The SMILES string of the molecule is Nc1nc(-c2cccs2)cc(C2CC2)n1. The molecule has 2 N–H and O–H groups in total. The van der Waals surface area contributed by atoms with Crippen molar-refractivity contribution in [1.82, 2.24) is 9.97 Å². The van der Waals surface area contributed by atoms with Crippen LogP contribution in [0.5, 0.6) is 0 Å². The standard InChI is InChI=1S/C11H11N3S/c12-11-13-8(7-3-4-7)6-9(14-11)10-2-1-5-15-10/h1-2,5-7H,3-4H2,(H2,12,13,14). The van der Waals surface area contributed by atoms with E-state index in [1.54, 1.807) is 11.3 Å². The van der Waals surface area contributed by atoms with E-state index in [1.165, 1.54) is 12.8 Å². The third-order valence-electron chi connectivity index (χ3n) is 2.53. The van der Waals surface area contributed by atoms with Crippen molar-refractivity contribution in [3.63, 3.8) is 0 Å². The molecule has 0 aliphatic heterocycles. The van der Waals surface area contributed by atoms with E-state index in [-0.39, 0.29) is 0 Å². The molecule has 1 fully saturated rings. The zero-order valence-corrected chi connectivity index (χ0v) is 9.00. The molecule has 0 spiro atoms. The number of nitrogens with two attached hydrogens (primary N) is 1. The second-order valence-electron chi connectivity index (χ2n) is 3.79. The number of hydrogen-bond acceptors (Lipinski definition) is 4. The van der Waals surface area contributed by atoms with Gasteiger partial charge in [0.25, 0.3) is 0 Å². The highest BCUT2D eigenvalue weighted by molar-refractivity contribution is 7.13. The van der Waals surface area contributed by atoms with Gasteiger partial charge in [0, 0.05) is 11.6 Å². The number of anilines is 1. The van der Waals surface area contributed by atoms with Crippen LogP contribution in [0.2, 0.25) is 0 Å². The fourth-order valence-electron chi connectivity index (χ4n) is 1.62. The van der Waals surface area contributed by atoms with Gasteiger partial charge in [0.05, 0.1) is 10.6 Å². The zero-order chi connectivity index (χ0) is 10.3. The molecule has 2 aromatic rings. The minimum atomic E-state index is 0.391. The number of thiophene rings is 1. The average Bonchev–Trinajstić information content (AvgIpc) is 2.93. The first-order chi connectivity index (χ1) is 7.33. The van der Waals surface area contributed by atoms with Crippen LogP contribution in [0.4, 0.5) is 5.95 Å². The number of nitrogen functional groups attached to an aromatic ring is 1. The van der Waals surface area contributed by atoms with Crippen molar-refractivity contribution in [2.24, 2.45) is 0 Å². The Kier molecular flexibility index (Phi) is 1.95. The summed E-state index contributed by atoms with van der Waals surface area (Å²) in [5.74, 6) is 1.01. The van der Waals surface area contributed by atoms with Crippen LogP contribution in [-0.4, -0.2) is 9.97 Å². The monoisotopic (exact) mass is 217 g/mol. The van der Waals surface area contributed by atoms with E-state index in [9.17, 15) is 0 Å². The van der Waals surface area contributed by atoms with Gasteiger partial charge in [0.1, 0.15) is 0 Å². The third-order valence-corrected chi connectivity index (χ3v) is 3.42. The Morgan fingerprint density at radius 2 is 2.20 bits per heavy atom. The minimum absolute atomic E-state index is 0.391. The van der Waals surface area contributed by atoms with E-state index in [1.807, 2.05) is 11.4 Å². The lowest BCUT2D eigenvalue weighted by Gasteiger charge is -2.02. The molecule has 0 bridgehead atoms. The molecular formula is C11H11N3S. The van der Waals surface area contributed by atoms with Gasteiger partial charge in [-0.3, -0.25) is 0 Å². The molecule has 0 radical (unpaired) electrons. The van der Waals surface area contributed by atoms with Gasteiger partial charge in [-0.25, -0.2) is 9.97 Å². The van der Waals surface area contributed by atoms with E-state index >= 15 is 0 Å². The second-order valence-corrected chi connectivity index (χ2v) is 4.74. The van der Waals surface area contributed by atoms with Crippen LogP contribution in [0, 0.1) is 0 Å². The van der Waals surface area contributed by atoms with Gasteiger partial charge in [0.2, 0.25) is 5.95 Å². The van der Waals surface area contributed by atoms with Gasteiger partial charge in [-0.15, -0.1) is 11.3 Å². The topological polar surface area (TPSA) is 51.8 Å². The quantitative estimate of drug-likeness (QED) is 0.841. The predicted molar refractivity (Wildman–Crippen MR) is 61.7 cm³/mol. The molecule has 15 heavy (non-hydrogen) atoms. The van der Waals surface area contributed by atoms with Gasteiger partial charge < -0.3 is 5.73 Å². The van der Waals surface area contributed by atoms with Crippen molar-refractivity contribution < 1.29 is 0 Å². The Labute approximate surface area is 92.0 Å². The molecule has 4 heteroatoms. The Morgan fingerprint density at radius 1 is 1.33 bits per heavy atom. The summed E-state index contributed by atoms with van der Waals surface area (Å²) in [6, 6.07) is 6.15. The van der Waals surface area contributed by atoms with Gasteiger partial charge >= 0.3 is 0 Å². The first-order valence-electron chi connectivity index (χ1n) is 5.01. The van der Waals surface area contributed by atoms with Gasteiger partial charge in [0.15, 0.2) is 0 Å². The van der Waals surface area contributed by atoms with Crippen LogP contribution in [-0.2, 0) is 0 Å². The molecule has 0 atom stereocenters. The smallest absolute Gasteiger partial charge is 0.220 e. The summed E-state index contributed by atoms with van der Waals surface area (Å²) < 4.78 is 0. The number of aromatic nitrogens is 2. The number of hydrogen-bond donors (Lipinski definition) is 1. The Morgan fingerprint density at radius 3 is 2.87 bits per heavy atom. The maximum absolute atomic E-state index is 5.71. The summed E-state index contributed by atoms with van der Waals surface area (Å²) in [7, 11) is 0.